The maximum absolute atomic E-state index is 12.4. The summed E-state index contributed by atoms with van der Waals surface area (Å²) in [6, 6.07) is 11.6. The second kappa shape index (κ2) is 11.9. The number of aliphatic carboxylic acids is 1. The number of ether oxygens (including phenoxy) is 1. The molecule has 0 radical (unpaired) electrons. The molecule has 0 aromatic heterocycles. The van der Waals surface area contributed by atoms with Crippen LogP contribution < -0.4 is 10.6 Å². The van der Waals surface area contributed by atoms with Gasteiger partial charge < -0.3 is 20.5 Å². The van der Waals surface area contributed by atoms with Crippen molar-refractivity contribution in [1.29, 1.82) is 0 Å². The molecular formula is C22H23N3O8. The maximum atomic E-state index is 12.4. The number of carboxylic acid groups (broad SMARTS) is 1. The average molecular weight is 457 g/mol. The van der Waals surface area contributed by atoms with E-state index in [2.05, 4.69) is 10.6 Å². The number of hydrogen-bond acceptors (Lipinski definition) is 7. The molecule has 0 fully saturated rings. The molecule has 3 N–H and O–H groups in total. The van der Waals surface area contributed by atoms with Gasteiger partial charge >= 0.3 is 11.9 Å². The first-order valence-electron chi connectivity index (χ1n) is 9.98. The van der Waals surface area contributed by atoms with Gasteiger partial charge in [-0.25, -0.2) is 4.79 Å². The zero-order chi connectivity index (χ0) is 24.4. The number of hydrogen-bond donors (Lipinski definition) is 3. The van der Waals surface area contributed by atoms with Gasteiger partial charge in [0.15, 0.2) is 0 Å². The number of nitrogens with one attached hydrogen (secondary N) is 2. The summed E-state index contributed by atoms with van der Waals surface area (Å²) in [6.45, 7) is 1.16. The molecule has 174 valence electrons. The van der Waals surface area contributed by atoms with Gasteiger partial charge in [-0.15, -0.1) is 0 Å². The minimum Gasteiger partial charge on any atom is -0.480 e. The van der Waals surface area contributed by atoms with Crippen LogP contribution in [-0.4, -0.2) is 53.0 Å². The van der Waals surface area contributed by atoms with Crippen LogP contribution in [0.5, 0.6) is 0 Å². The Morgan fingerprint density at radius 2 is 1.70 bits per heavy atom. The first-order valence-corrected chi connectivity index (χ1v) is 9.98. The second-order valence-corrected chi connectivity index (χ2v) is 6.90. The Kier molecular flexibility index (Phi) is 9.04. The molecule has 0 bridgehead atoms. The van der Waals surface area contributed by atoms with Gasteiger partial charge in [0.2, 0.25) is 5.91 Å². The smallest absolute Gasteiger partial charge is 0.326 e. The van der Waals surface area contributed by atoms with Gasteiger partial charge in [-0.2, -0.15) is 0 Å². The highest BCUT2D eigenvalue weighted by Gasteiger charge is 2.33. The van der Waals surface area contributed by atoms with Crippen molar-refractivity contribution in [3.63, 3.8) is 0 Å². The van der Waals surface area contributed by atoms with Crippen LogP contribution in [0.25, 0.3) is 0 Å². The van der Waals surface area contributed by atoms with E-state index in [1.54, 1.807) is 37.3 Å². The fourth-order valence-corrected chi connectivity index (χ4v) is 3.08. The van der Waals surface area contributed by atoms with Gasteiger partial charge in [-0.05, 0) is 24.6 Å². The van der Waals surface area contributed by atoms with Crippen LogP contribution in [0.4, 0.5) is 5.69 Å². The first-order chi connectivity index (χ1) is 15.7. The van der Waals surface area contributed by atoms with Crippen LogP contribution in [-0.2, 0) is 19.1 Å². The lowest BCUT2D eigenvalue weighted by molar-refractivity contribution is -0.384. The highest BCUT2D eigenvalue weighted by molar-refractivity contribution is 5.97. The third-order valence-electron chi connectivity index (χ3n) is 4.65. The fourth-order valence-electron chi connectivity index (χ4n) is 3.08. The molecule has 2 aromatic carbocycles. The highest BCUT2D eigenvalue weighted by atomic mass is 16.6. The molecule has 2 rings (SSSR count). The number of carboxylic acids is 1. The number of benzene rings is 2. The lowest BCUT2D eigenvalue weighted by Crippen LogP contribution is -2.49. The van der Waals surface area contributed by atoms with Crippen molar-refractivity contribution in [2.45, 2.75) is 25.3 Å². The molecule has 0 heterocycles. The van der Waals surface area contributed by atoms with Crippen molar-refractivity contribution in [3.05, 3.63) is 75.8 Å². The normalized spacial score (nSPS) is 12.2. The van der Waals surface area contributed by atoms with E-state index in [1.807, 2.05) is 0 Å². The minimum atomic E-state index is -1.56. The molecular weight excluding hydrogens is 434 g/mol. The van der Waals surface area contributed by atoms with E-state index >= 15 is 0 Å². The number of non-ortho nitro benzene ring substituents is 1. The Labute approximate surface area is 188 Å². The summed E-state index contributed by atoms with van der Waals surface area (Å²) in [5.74, 6) is -4.50. The van der Waals surface area contributed by atoms with E-state index in [4.69, 9.17) is 4.74 Å². The van der Waals surface area contributed by atoms with Crippen molar-refractivity contribution in [3.8, 4) is 0 Å². The summed E-state index contributed by atoms with van der Waals surface area (Å²) >= 11 is 0. The van der Waals surface area contributed by atoms with E-state index < -0.39 is 47.2 Å². The summed E-state index contributed by atoms with van der Waals surface area (Å²) in [5, 5.41) is 25.3. The zero-order valence-electron chi connectivity index (χ0n) is 17.7. The monoisotopic (exact) mass is 457 g/mol. The average Bonchev–Trinajstić information content (AvgIpc) is 2.80. The van der Waals surface area contributed by atoms with Crippen molar-refractivity contribution in [2.75, 3.05) is 13.2 Å². The van der Waals surface area contributed by atoms with Crippen LogP contribution in [0.15, 0.2) is 54.6 Å². The maximum Gasteiger partial charge on any atom is 0.326 e. The van der Waals surface area contributed by atoms with Crippen molar-refractivity contribution < 1.29 is 33.9 Å². The van der Waals surface area contributed by atoms with E-state index in [9.17, 15) is 34.4 Å². The van der Waals surface area contributed by atoms with Crippen molar-refractivity contribution >= 4 is 29.4 Å². The predicted molar refractivity (Wildman–Crippen MR) is 115 cm³/mol. The lowest BCUT2D eigenvalue weighted by atomic mass is 9.88. The summed E-state index contributed by atoms with van der Waals surface area (Å²) in [7, 11) is 0. The molecule has 33 heavy (non-hydrogen) atoms. The Hall–Kier alpha value is -4.28. The van der Waals surface area contributed by atoms with Gasteiger partial charge in [-0.3, -0.25) is 24.5 Å². The van der Waals surface area contributed by atoms with Gasteiger partial charge in [0, 0.05) is 23.6 Å². The zero-order valence-corrected chi connectivity index (χ0v) is 17.7. The first kappa shape index (κ1) is 25.0. The summed E-state index contributed by atoms with van der Waals surface area (Å²) in [6.07, 6.45) is -0.390. The van der Waals surface area contributed by atoms with Crippen LogP contribution in [0.3, 0.4) is 0 Å². The largest absolute Gasteiger partial charge is 0.480 e. The molecule has 2 aromatic rings. The second-order valence-electron chi connectivity index (χ2n) is 6.90. The van der Waals surface area contributed by atoms with Crippen molar-refractivity contribution in [2.24, 2.45) is 0 Å². The number of nitro benzene ring substituents is 1. The standard InChI is InChI=1S/C22H23N3O8/c1-2-33-19(27)12-17(14-8-10-16(11-9-14)25(31)32)20(22(29)30)24-18(26)13-23-21(28)15-6-4-3-5-7-15/h3-11,17,20H,2,12-13H2,1H3,(H,23,28)(H,24,26)(H,29,30)/t17-,20-/m0/s1. The quantitative estimate of drug-likeness (QED) is 0.260. The molecule has 0 aliphatic heterocycles. The van der Waals surface area contributed by atoms with Crippen LogP contribution in [0, 0.1) is 10.1 Å². The third-order valence-corrected chi connectivity index (χ3v) is 4.65. The van der Waals surface area contributed by atoms with E-state index in [0.29, 0.717) is 5.56 Å². The summed E-state index contributed by atoms with van der Waals surface area (Å²) in [4.78, 5) is 58.8. The molecule has 0 saturated carbocycles. The molecule has 0 saturated heterocycles. The molecule has 2 amide bonds. The number of rotatable bonds is 11. The number of carbonyl (C=O) groups excluding carboxylic acids is 3. The lowest BCUT2D eigenvalue weighted by Gasteiger charge is -2.25. The molecule has 11 nitrogen and oxygen atoms in total. The Bertz CT molecular complexity index is 1010. The van der Waals surface area contributed by atoms with Gasteiger partial charge in [0.1, 0.15) is 6.04 Å². The van der Waals surface area contributed by atoms with Crippen LogP contribution in [0.1, 0.15) is 35.2 Å². The fraction of sp³-hybridized carbons (Fsp3) is 0.273. The van der Waals surface area contributed by atoms with Gasteiger partial charge in [0.05, 0.1) is 24.5 Å². The molecule has 0 aliphatic rings. The molecule has 0 unspecified atom stereocenters. The third kappa shape index (κ3) is 7.42. The number of amides is 2. The highest BCUT2D eigenvalue weighted by Crippen LogP contribution is 2.27. The minimum absolute atomic E-state index is 0.0709. The van der Waals surface area contributed by atoms with E-state index in [1.165, 1.54) is 24.3 Å². The van der Waals surface area contributed by atoms with Crippen LogP contribution in [0.2, 0.25) is 0 Å². The summed E-state index contributed by atoms with van der Waals surface area (Å²) < 4.78 is 4.91. The van der Waals surface area contributed by atoms with E-state index in [-0.39, 0.29) is 24.3 Å². The Balaban J connectivity index is 2.18. The molecule has 2 atom stereocenters. The number of nitro groups is 1. The molecule has 0 spiro atoms. The van der Waals surface area contributed by atoms with Gasteiger partial charge in [-0.1, -0.05) is 30.3 Å². The van der Waals surface area contributed by atoms with E-state index in [0.717, 1.165) is 0 Å². The predicted octanol–water partition coefficient (Wildman–Crippen LogP) is 1.63. The SMILES string of the molecule is CCOC(=O)C[C@@H](c1ccc([N+](=O)[O-])cc1)[C@H](NC(=O)CNC(=O)c1ccccc1)C(=O)O. The number of carbonyl (C=O) groups is 4. The van der Waals surface area contributed by atoms with Crippen molar-refractivity contribution in [1.82, 2.24) is 10.6 Å². The molecule has 0 aliphatic carbocycles. The summed E-state index contributed by atoms with van der Waals surface area (Å²) in [5.41, 5.74) is 0.397. The number of nitrogens with zero attached hydrogens (tertiary/aromatic N) is 1. The Morgan fingerprint density at radius 1 is 1.06 bits per heavy atom. The van der Waals surface area contributed by atoms with Crippen LogP contribution >= 0.6 is 0 Å². The Morgan fingerprint density at radius 3 is 2.24 bits per heavy atom. The topological polar surface area (TPSA) is 165 Å². The molecule has 11 heteroatoms. The van der Waals surface area contributed by atoms with Gasteiger partial charge in [0.25, 0.3) is 11.6 Å². The number of esters is 1.